The molecule has 1 N–H and O–H groups in total. The minimum atomic E-state index is 0.334. The number of hydrogen-bond donors (Lipinski definition) is 1. The van der Waals surface area contributed by atoms with Crippen molar-refractivity contribution in [1.29, 1.82) is 0 Å². The molecule has 2 heterocycles. The van der Waals surface area contributed by atoms with Crippen molar-refractivity contribution in [2.45, 2.75) is 18.8 Å². The number of rotatable bonds is 3. The highest BCUT2D eigenvalue weighted by Crippen LogP contribution is 2.27. The first-order valence-electron chi connectivity index (χ1n) is 6.55. The molecule has 1 atom stereocenters. The van der Waals surface area contributed by atoms with Gasteiger partial charge in [-0.2, -0.15) is 0 Å². The first-order valence-corrected chi connectivity index (χ1v) is 6.55. The fourth-order valence-corrected chi connectivity index (χ4v) is 2.33. The Labute approximate surface area is 112 Å². The van der Waals surface area contributed by atoms with Crippen LogP contribution in [-0.2, 0) is 0 Å². The number of hydrogen-bond acceptors (Lipinski definition) is 5. The van der Waals surface area contributed by atoms with Crippen molar-refractivity contribution in [2.75, 3.05) is 20.2 Å². The number of aromatic nitrogens is 2. The van der Waals surface area contributed by atoms with E-state index in [1.165, 1.54) is 0 Å². The second kappa shape index (κ2) is 5.40. The molecule has 1 aliphatic rings. The number of methoxy groups -OCH3 is 1. The van der Waals surface area contributed by atoms with E-state index in [1.54, 1.807) is 7.11 Å². The summed E-state index contributed by atoms with van der Waals surface area (Å²) in [6, 6.07) is 7.65. The van der Waals surface area contributed by atoms with E-state index in [9.17, 15) is 0 Å². The molecule has 1 fully saturated rings. The minimum absolute atomic E-state index is 0.334. The number of benzene rings is 1. The smallest absolute Gasteiger partial charge is 0.247 e. The number of nitrogens with zero attached hydrogens (tertiary/aromatic N) is 2. The lowest BCUT2D eigenvalue weighted by atomic mass is 10.00. The highest BCUT2D eigenvalue weighted by molar-refractivity contribution is 5.55. The van der Waals surface area contributed by atoms with Crippen LogP contribution in [0.5, 0.6) is 5.75 Å². The van der Waals surface area contributed by atoms with Crippen molar-refractivity contribution in [2.24, 2.45) is 0 Å². The fourth-order valence-electron chi connectivity index (χ4n) is 2.33. The Morgan fingerprint density at radius 2 is 2.32 bits per heavy atom. The quantitative estimate of drug-likeness (QED) is 0.915. The third kappa shape index (κ3) is 2.61. The Morgan fingerprint density at radius 3 is 3.11 bits per heavy atom. The molecule has 1 aliphatic heterocycles. The van der Waals surface area contributed by atoms with Gasteiger partial charge < -0.3 is 14.5 Å². The van der Waals surface area contributed by atoms with Crippen molar-refractivity contribution in [3.63, 3.8) is 0 Å². The zero-order valence-electron chi connectivity index (χ0n) is 10.9. The van der Waals surface area contributed by atoms with Crippen LogP contribution >= 0.6 is 0 Å². The lowest BCUT2D eigenvalue weighted by molar-refractivity contribution is 0.380. The van der Waals surface area contributed by atoms with Crippen molar-refractivity contribution in [3.05, 3.63) is 30.2 Å². The summed E-state index contributed by atoms with van der Waals surface area (Å²) in [7, 11) is 1.64. The Bertz CT molecular complexity index is 547. The van der Waals surface area contributed by atoms with Gasteiger partial charge in [-0.3, -0.25) is 0 Å². The third-order valence-corrected chi connectivity index (χ3v) is 3.40. The number of piperidine rings is 1. The van der Waals surface area contributed by atoms with Crippen LogP contribution in [0.1, 0.15) is 24.7 Å². The van der Waals surface area contributed by atoms with E-state index in [0.29, 0.717) is 11.8 Å². The third-order valence-electron chi connectivity index (χ3n) is 3.40. The van der Waals surface area contributed by atoms with Crippen LogP contribution < -0.4 is 10.1 Å². The topological polar surface area (TPSA) is 60.2 Å². The average Bonchev–Trinajstić information content (AvgIpc) is 2.98. The van der Waals surface area contributed by atoms with E-state index in [2.05, 4.69) is 15.5 Å². The van der Waals surface area contributed by atoms with Crippen molar-refractivity contribution in [3.8, 4) is 17.2 Å². The van der Waals surface area contributed by atoms with Gasteiger partial charge in [0, 0.05) is 18.0 Å². The van der Waals surface area contributed by atoms with Crippen LogP contribution in [-0.4, -0.2) is 30.4 Å². The zero-order valence-corrected chi connectivity index (χ0v) is 10.9. The lowest BCUT2D eigenvalue weighted by Crippen LogP contribution is -2.28. The minimum Gasteiger partial charge on any atom is -0.497 e. The Balaban J connectivity index is 1.83. The molecular formula is C14H17N3O2. The van der Waals surface area contributed by atoms with E-state index in [4.69, 9.17) is 9.15 Å². The van der Waals surface area contributed by atoms with Gasteiger partial charge in [-0.05, 0) is 37.6 Å². The predicted octanol–water partition coefficient (Wildman–Crippen LogP) is 2.21. The lowest BCUT2D eigenvalue weighted by Gasteiger charge is -2.18. The van der Waals surface area contributed by atoms with Gasteiger partial charge in [-0.25, -0.2) is 0 Å². The molecule has 1 saturated heterocycles. The predicted molar refractivity (Wildman–Crippen MR) is 71.1 cm³/mol. The van der Waals surface area contributed by atoms with Crippen LogP contribution in [0.2, 0.25) is 0 Å². The summed E-state index contributed by atoms with van der Waals surface area (Å²) in [5.41, 5.74) is 0.891. The average molecular weight is 259 g/mol. The summed E-state index contributed by atoms with van der Waals surface area (Å²) in [6.45, 7) is 1.99. The number of ether oxygens (including phenoxy) is 1. The SMILES string of the molecule is COc1cccc(-c2nnc([C@@H]3CCCNC3)o2)c1. The normalized spacial score (nSPS) is 19.3. The monoisotopic (exact) mass is 259 g/mol. The highest BCUT2D eigenvalue weighted by atomic mass is 16.5. The molecule has 5 heteroatoms. The first kappa shape index (κ1) is 12.2. The second-order valence-corrected chi connectivity index (χ2v) is 4.72. The zero-order chi connectivity index (χ0) is 13.1. The Kier molecular flexibility index (Phi) is 3.46. The van der Waals surface area contributed by atoms with Gasteiger partial charge in [0.25, 0.3) is 0 Å². The summed E-state index contributed by atoms with van der Waals surface area (Å²) in [6.07, 6.45) is 2.26. The molecule has 0 saturated carbocycles. The standard InChI is InChI=1S/C14H17N3O2/c1-18-12-6-2-4-10(8-12)13-16-17-14(19-13)11-5-3-7-15-9-11/h2,4,6,8,11,15H,3,5,7,9H2,1H3/t11-/m1/s1. The van der Waals surface area contributed by atoms with Crippen molar-refractivity contribution in [1.82, 2.24) is 15.5 Å². The van der Waals surface area contributed by atoms with Crippen LogP contribution in [0, 0.1) is 0 Å². The van der Waals surface area contributed by atoms with Crippen LogP contribution in [0.4, 0.5) is 0 Å². The Hall–Kier alpha value is -1.88. The van der Waals surface area contributed by atoms with E-state index in [1.807, 2.05) is 24.3 Å². The largest absolute Gasteiger partial charge is 0.497 e. The summed E-state index contributed by atoms with van der Waals surface area (Å²) < 4.78 is 11.0. The summed E-state index contributed by atoms with van der Waals surface area (Å²) in [5, 5.41) is 11.7. The molecule has 2 aromatic rings. The van der Waals surface area contributed by atoms with Crippen LogP contribution in [0.3, 0.4) is 0 Å². The van der Waals surface area contributed by atoms with Crippen molar-refractivity contribution < 1.29 is 9.15 Å². The van der Waals surface area contributed by atoms with Gasteiger partial charge in [0.1, 0.15) is 5.75 Å². The number of nitrogens with one attached hydrogen (secondary N) is 1. The van der Waals surface area contributed by atoms with Crippen LogP contribution in [0.25, 0.3) is 11.5 Å². The summed E-state index contributed by atoms with van der Waals surface area (Å²) in [4.78, 5) is 0. The molecule has 0 amide bonds. The van der Waals surface area contributed by atoms with Gasteiger partial charge in [-0.15, -0.1) is 10.2 Å². The molecule has 0 bridgehead atoms. The van der Waals surface area contributed by atoms with E-state index >= 15 is 0 Å². The Morgan fingerprint density at radius 1 is 1.37 bits per heavy atom. The summed E-state index contributed by atoms with van der Waals surface area (Å²) in [5.74, 6) is 2.40. The van der Waals surface area contributed by atoms with Crippen molar-refractivity contribution >= 4 is 0 Å². The van der Waals surface area contributed by atoms with E-state index in [0.717, 1.165) is 43.1 Å². The summed E-state index contributed by atoms with van der Waals surface area (Å²) >= 11 is 0. The van der Waals surface area contributed by atoms with Gasteiger partial charge in [0.05, 0.1) is 7.11 Å². The molecule has 1 aromatic heterocycles. The molecule has 0 radical (unpaired) electrons. The van der Waals surface area contributed by atoms with Gasteiger partial charge >= 0.3 is 0 Å². The van der Waals surface area contributed by atoms with E-state index < -0.39 is 0 Å². The highest BCUT2D eigenvalue weighted by Gasteiger charge is 2.21. The maximum absolute atomic E-state index is 5.79. The van der Waals surface area contributed by atoms with Gasteiger partial charge in [0.15, 0.2) is 0 Å². The molecule has 3 rings (SSSR count). The molecule has 5 nitrogen and oxygen atoms in total. The van der Waals surface area contributed by atoms with Crippen LogP contribution in [0.15, 0.2) is 28.7 Å². The van der Waals surface area contributed by atoms with Gasteiger partial charge in [-0.1, -0.05) is 6.07 Å². The molecule has 19 heavy (non-hydrogen) atoms. The molecule has 1 aromatic carbocycles. The molecule has 100 valence electrons. The molecule has 0 spiro atoms. The first-order chi connectivity index (χ1) is 9.36. The second-order valence-electron chi connectivity index (χ2n) is 4.72. The maximum Gasteiger partial charge on any atom is 0.247 e. The molecule has 0 unspecified atom stereocenters. The molecule has 0 aliphatic carbocycles. The molecular weight excluding hydrogens is 242 g/mol. The van der Waals surface area contributed by atoms with E-state index in [-0.39, 0.29) is 0 Å². The van der Waals surface area contributed by atoms with Gasteiger partial charge in [0.2, 0.25) is 11.8 Å². The maximum atomic E-state index is 5.79. The fraction of sp³-hybridized carbons (Fsp3) is 0.429.